The molecule has 6 nitrogen and oxygen atoms in total. The molecule has 0 spiro atoms. The molecule has 1 saturated heterocycles. The molecule has 1 aliphatic rings. The second-order valence-electron chi connectivity index (χ2n) is 8.17. The highest BCUT2D eigenvalue weighted by Gasteiger charge is 2.47. The van der Waals surface area contributed by atoms with Gasteiger partial charge < -0.3 is 14.6 Å². The van der Waals surface area contributed by atoms with E-state index in [0.29, 0.717) is 22.7 Å². The van der Waals surface area contributed by atoms with Crippen LogP contribution in [0, 0.1) is 6.92 Å². The van der Waals surface area contributed by atoms with Gasteiger partial charge in [0.05, 0.1) is 25.8 Å². The van der Waals surface area contributed by atoms with Crippen LogP contribution in [0.25, 0.3) is 5.76 Å². The average Bonchev–Trinajstić information content (AvgIpc) is 3.13. The van der Waals surface area contributed by atoms with E-state index in [4.69, 9.17) is 9.47 Å². The summed E-state index contributed by atoms with van der Waals surface area (Å²) in [5.41, 5.74) is 3.87. The van der Waals surface area contributed by atoms with Crippen molar-refractivity contribution in [3.63, 3.8) is 0 Å². The van der Waals surface area contributed by atoms with Gasteiger partial charge in [0, 0.05) is 17.3 Å². The fraction of sp³-hybridized carbons (Fsp3) is 0.214. The van der Waals surface area contributed by atoms with Crippen LogP contribution in [0.5, 0.6) is 11.5 Å². The lowest BCUT2D eigenvalue weighted by molar-refractivity contribution is -0.132. The Hall–Kier alpha value is -4.06. The Morgan fingerprint density at radius 1 is 0.912 bits per heavy atom. The summed E-state index contributed by atoms with van der Waals surface area (Å²) in [5, 5.41) is 11.2. The van der Waals surface area contributed by atoms with Gasteiger partial charge in [0.15, 0.2) is 11.5 Å². The fourth-order valence-corrected chi connectivity index (χ4v) is 4.19. The zero-order valence-corrected chi connectivity index (χ0v) is 19.7. The smallest absolute Gasteiger partial charge is 0.300 e. The van der Waals surface area contributed by atoms with Gasteiger partial charge in [0.1, 0.15) is 5.76 Å². The minimum absolute atomic E-state index is 0.0490. The van der Waals surface area contributed by atoms with Gasteiger partial charge in [0.25, 0.3) is 11.7 Å². The van der Waals surface area contributed by atoms with Crippen LogP contribution in [0.4, 0.5) is 5.69 Å². The van der Waals surface area contributed by atoms with Crippen molar-refractivity contribution in [2.24, 2.45) is 0 Å². The Bertz CT molecular complexity index is 1260. The van der Waals surface area contributed by atoms with Gasteiger partial charge in [-0.05, 0) is 36.6 Å². The van der Waals surface area contributed by atoms with Gasteiger partial charge in [0.2, 0.25) is 0 Å². The normalized spacial score (nSPS) is 17.2. The first-order chi connectivity index (χ1) is 16.4. The molecule has 4 rings (SSSR count). The number of nitrogens with zero attached hydrogens (tertiary/aromatic N) is 1. The van der Waals surface area contributed by atoms with Crippen molar-refractivity contribution < 1.29 is 24.2 Å². The molecule has 0 bridgehead atoms. The van der Waals surface area contributed by atoms with Crippen LogP contribution in [0.2, 0.25) is 0 Å². The summed E-state index contributed by atoms with van der Waals surface area (Å²) in [6, 6.07) is 19.2. The molecule has 1 fully saturated rings. The highest BCUT2D eigenvalue weighted by molar-refractivity contribution is 6.51. The van der Waals surface area contributed by atoms with Crippen molar-refractivity contribution in [3.8, 4) is 11.5 Å². The monoisotopic (exact) mass is 457 g/mol. The van der Waals surface area contributed by atoms with Gasteiger partial charge in [-0.2, -0.15) is 0 Å². The molecule has 1 unspecified atom stereocenters. The zero-order chi connectivity index (χ0) is 24.4. The molecular weight excluding hydrogens is 430 g/mol. The predicted octanol–water partition coefficient (Wildman–Crippen LogP) is 5.20. The third-order valence-electron chi connectivity index (χ3n) is 6.12. The van der Waals surface area contributed by atoms with Crippen molar-refractivity contribution in [2.45, 2.75) is 26.3 Å². The number of anilines is 1. The predicted molar refractivity (Wildman–Crippen MR) is 131 cm³/mol. The molecule has 0 saturated carbocycles. The van der Waals surface area contributed by atoms with Crippen molar-refractivity contribution >= 4 is 23.1 Å². The molecule has 3 aromatic rings. The minimum atomic E-state index is -0.801. The van der Waals surface area contributed by atoms with Crippen LogP contribution in [-0.4, -0.2) is 31.0 Å². The van der Waals surface area contributed by atoms with Crippen LogP contribution < -0.4 is 14.4 Å². The number of aryl methyl sites for hydroxylation is 2. The Balaban J connectivity index is 1.93. The molecule has 0 radical (unpaired) electrons. The number of rotatable bonds is 6. The standard InChI is InChI=1S/C28H27NO5/c1-5-18-8-12-19(13-9-18)25-24(26(30)20-10-6-17(2)7-11-20)27(31)28(32)29(25)21-14-15-22(33-3)23(16-21)34-4/h6-16,25,30H,5H2,1-4H3/b26-24+. The third kappa shape index (κ3) is 4.03. The second kappa shape index (κ2) is 9.43. The average molecular weight is 458 g/mol. The maximum atomic E-state index is 13.3. The summed E-state index contributed by atoms with van der Waals surface area (Å²) in [6.45, 7) is 4.00. The lowest BCUT2D eigenvalue weighted by atomic mass is 9.94. The molecular formula is C28H27NO5. The SMILES string of the molecule is CCc1ccc(C2/C(=C(\O)c3ccc(C)cc3)C(=O)C(=O)N2c2ccc(OC)c(OC)c2)cc1. The fourth-order valence-electron chi connectivity index (χ4n) is 4.19. The number of ether oxygens (including phenoxy) is 2. The van der Waals surface area contributed by atoms with Crippen molar-refractivity contribution in [3.05, 3.63) is 94.6 Å². The molecule has 1 heterocycles. The summed E-state index contributed by atoms with van der Waals surface area (Å²) in [7, 11) is 3.04. The topological polar surface area (TPSA) is 76.1 Å². The quantitative estimate of drug-likeness (QED) is 0.313. The van der Waals surface area contributed by atoms with Crippen molar-refractivity contribution in [2.75, 3.05) is 19.1 Å². The number of carbonyl (C=O) groups excluding carboxylic acids is 2. The number of aliphatic hydroxyl groups excluding tert-OH is 1. The molecule has 6 heteroatoms. The van der Waals surface area contributed by atoms with Crippen LogP contribution in [0.3, 0.4) is 0 Å². The number of benzene rings is 3. The van der Waals surface area contributed by atoms with Crippen LogP contribution in [0.15, 0.2) is 72.3 Å². The Morgan fingerprint density at radius 2 is 1.56 bits per heavy atom. The van der Waals surface area contributed by atoms with Gasteiger partial charge >= 0.3 is 0 Å². The summed E-state index contributed by atoms with van der Waals surface area (Å²) < 4.78 is 10.7. The highest BCUT2D eigenvalue weighted by Crippen LogP contribution is 2.44. The molecule has 3 aromatic carbocycles. The number of amides is 1. The third-order valence-corrected chi connectivity index (χ3v) is 6.12. The number of aliphatic hydroxyl groups is 1. The maximum Gasteiger partial charge on any atom is 0.300 e. The van der Waals surface area contributed by atoms with Crippen molar-refractivity contribution in [1.82, 2.24) is 0 Å². The van der Waals surface area contributed by atoms with E-state index in [1.165, 1.54) is 19.1 Å². The first-order valence-electron chi connectivity index (χ1n) is 11.1. The van der Waals surface area contributed by atoms with Gasteiger partial charge in [-0.1, -0.05) is 61.0 Å². The number of ketones is 1. The van der Waals surface area contributed by atoms with E-state index in [1.807, 2.05) is 43.3 Å². The zero-order valence-electron chi connectivity index (χ0n) is 19.7. The largest absolute Gasteiger partial charge is 0.507 e. The van der Waals surface area contributed by atoms with E-state index in [0.717, 1.165) is 23.1 Å². The number of hydrogen-bond donors (Lipinski definition) is 1. The Morgan fingerprint density at radius 3 is 2.15 bits per heavy atom. The number of carbonyl (C=O) groups is 2. The van der Waals surface area contributed by atoms with E-state index in [1.54, 1.807) is 30.3 Å². The summed E-state index contributed by atoms with van der Waals surface area (Å²) in [4.78, 5) is 28.0. The van der Waals surface area contributed by atoms with Crippen LogP contribution in [0.1, 0.15) is 35.2 Å². The van der Waals surface area contributed by atoms with E-state index in [9.17, 15) is 14.7 Å². The molecule has 1 aliphatic heterocycles. The number of hydrogen-bond acceptors (Lipinski definition) is 5. The first-order valence-corrected chi connectivity index (χ1v) is 11.1. The van der Waals surface area contributed by atoms with Crippen LogP contribution >= 0.6 is 0 Å². The molecule has 0 aliphatic carbocycles. The van der Waals surface area contributed by atoms with Gasteiger partial charge in [-0.3, -0.25) is 14.5 Å². The molecule has 1 N–H and O–H groups in total. The summed E-state index contributed by atoms with van der Waals surface area (Å²) in [6.07, 6.45) is 0.861. The van der Waals surface area contributed by atoms with E-state index in [-0.39, 0.29) is 11.3 Å². The summed E-state index contributed by atoms with van der Waals surface area (Å²) in [5.74, 6) is -0.722. The number of methoxy groups -OCH3 is 2. The summed E-state index contributed by atoms with van der Waals surface area (Å²) >= 11 is 0. The molecule has 1 atom stereocenters. The number of Topliss-reactive ketones (excluding diaryl/α,β-unsaturated/α-hetero) is 1. The lowest BCUT2D eigenvalue weighted by Crippen LogP contribution is -2.29. The van der Waals surface area contributed by atoms with E-state index >= 15 is 0 Å². The Labute approximate surface area is 199 Å². The van der Waals surface area contributed by atoms with Gasteiger partial charge in [-0.15, -0.1) is 0 Å². The lowest BCUT2D eigenvalue weighted by Gasteiger charge is -2.26. The second-order valence-corrected chi connectivity index (χ2v) is 8.17. The van der Waals surface area contributed by atoms with Crippen molar-refractivity contribution in [1.29, 1.82) is 0 Å². The molecule has 34 heavy (non-hydrogen) atoms. The molecule has 0 aromatic heterocycles. The highest BCUT2D eigenvalue weighted by atomic mass is 16.5. The Kier molecular flexibility index (Phi) is 6.41. The molecule has 174 valence electrons. The van der Waals surface area contributed by atoms with E-state index in [2.05, 4.69) is 6.92 Å². The maximum absolute atomic E-state index is 13.3. The first kappa shape index (κ1) is 23.1. The minimum Gasteiger partial charge on any atom is -0.507 e. The van der Waals surface area contributed by atoms with Gasteiger partial charge in [-0.25, -0.2) is 0 Å². The van der Waals surface area contributed by atoms with E-state index < -0.39 is 17.7 Å². The molecule has 1 amide bonds. The van der Waals surface area contributed by atoms with Crippen LogP contribution in [-0.2, 0) is 16.0 Å².